The summed E-state index contributed by atoms with van der Waals surface area (Å²) in [6.07, 6.45) is 1.01. The van der Waals surface area contributed by atoms with E-state index in [1.54, 1.807) is 6.07 Å². The third-order valence-corrected chi connectivity index (χ3v) is 4.43. The molecule has 1 heterocycles. The van der Waals surface area contributed by atoms with Crippen LogP contribution >= 0.6 is 23.2 Å². The molecule has 0 fully saturated rings. The molecule has 2 aromatic rings. The van der Waals surface area contributed by atoms with Gasteiger partial charge < -0.3 is 5.32 Å². The number of hydrogen-bond acceptors (Lipinski definition) is 2. The van der Waals surface area contributed by atoms with Gasteiger partial charge in [-0.15, -0.1) is 0 Å². The van der Waals surface area contributed by atoms with Gasteiger partial charge in [0.2, 0.25) is 0 Å². The second-order valence-corrected chi connectivity index (χ2v) is 6.34. The van der Waals surface area contributed by atoms with Gasteiger partial charge in [0.1, 0.15) is 0 Å². The second kappa shape index (κ2) is 6.82. The Morgan fingerprint density at radius 2 is 1.95 bits per heavy atom. The average molecular weight is 326 g/mol. The lowest BCUT2D eigenvalue weighted by atomic mass is 9.99. The molecule has 0 radical (unpaired) electrons. The van der Waals surface area contributed by atoms with Crippen LogP contribution in [0.5, 0.6) is 0 Å². The van der Waals surface area contributed by atoms with E-state index >= 15 is 0 Å². The Kier molecular flexibility index (Phi) is 5.31. The van der Waals surface area contributed by atoms with Crippen molar-refractivity contribution >= 4 is 23.2 Å². The van der Waals surface area contributed by atoms with Crippen molar-refractivity contribution in [3.05, 3.63) is 45.2 Å². The van der Waals surface area contributed by atoms with Gasteiger partial charge in [-0.25, -0.2) is 4.68 Å². The number of nitrogens with zero attached hydrogens (tertiary/aromatic N) is 2. The summed E-state index contributed by atoms with van der Waals surface area (Å²) in [5.41, 5.74) is 4.48. The Morgan fingerprint density at radius 1 is 1.24 bits per heavy atom. The molecule has 0 saturated heterocycles. The molecule has 5 heteroatoms. The molecule has 0 amide bonds. The van der Waals surface area contributed by atoms with Crippen LogP contribution in [0.2, 0.25) is 10.0 Å². The summed E-state index contributed by atoms with van der Waals surface area (Å²) in [6, 6.07) is 5.59. The lowest BCUT2D eigenvalue weighted by Gasteiger charge is -2.11. The fourth-order valence-corrected chi connectivity index (χ4v) is 2.90. The topological polar surface area (TPSA) is 29.9 Å². The van der Waals surface area contributed by atoms with Crippen LogP contribution < -0.4 is 5.32 Å². The van der Waals surface area contributed by atoms with Gasteiger partial charge in [-0.3, -0.25) is 0 Å². The van der Waals surface area contributed by atoms with E-state index < -0.39 is 0 Å². The molecule has 3 nitrogen and oxygen atoms in total. The van der Waals surface area contributed by atoms with Crippen molar-refractivity contribution in [1.29, 1.82) is 0 Å². The summed E-state index contributed by atoms with van der Waals surface area (Å²) >= 11 is 12.1. The van der Waals surface area contributed by atoms with E-state index in [-0.39, 0.29) is 0 Å². The smallest absolute Gasteiger partial charge is 0.0664 e. The van der Waals surface area contributed by atoms with E-state index in [9.17, 15) is 0 Å². The van der Waals surface area contributed by atoms with Gasteiger partial charge in [-0.2, -0.15) is 5.10 Å². The van der Waals surface area contributed by atoms with Gasteiger partial charge in [0.05, 0.1) is 21.4 Å². The number of benzene rings is 1. The number of aryl methyl sites for hydroxylation is 1. The zero-order valence-electron chi connectivity index (χ0n) is 12.9. The molecule has 0 spiro atoms. The van der Waals surface area contributed by atoms with E-state index in [4.69, 9.17) is 23.2 Å². The molecular weight excluding hydrogens is 305 g/mol. The number of rotatable bonds is 5. The fraction of sp³-hybridized carbons (Fsp3) is 0.438. The highest BCUT2D eigenvalue weighted by Crippen LogP contribution is 2.26. The minimum atomic E-state index is 0.548. The molecule has 0 aliphatic carbocycles. The molecular formula is C16H21Cl2N3. The van der Waals surface area contributed by atoms with Gasteiger partial charge in [-0.1, -0.05) is 30.1 Å². The monoisotopic (exact) mass is 325 g/mol. The van der Waals surface area contributed by atoms with Gasteiger partial charge in [0.25, 0.3) is 0 Å². The second-order valence-electron chi connectivity index (χ2n) is 5.53. The highest BCUT2D eigenvalue weighted by atomic mass is 35.5. The van der Waals surface area contributed by atoms with E-state index in [1.165, 1.54) is 5.56 Å². The molecule has 0 aliphatic rings. The van der Waals surface area contributed by atoms with Crippen molar-refractivity contribution < 1.29 is 0 Å². The SMILES string of the molecule is CNCC(C)Cc1c(C)nn(-c2ccc(Cl)c(Cl)c2)c1C. The Balaban J connectivity index is 2.36. The van der Waals surface area contributed by atoms with E-state index in [2.05, 4.69) is 31.2 Å². The van der Waals surface area contributed by atoms with Crippen LogP contribution in [0.4, 0.5) is 0 Å². The van der Waals surface area contributed by atoms with Crippen LogP contribution in [0.3, 0.4) is 0 Å². The maximum atomic E-state index is 6.11. The predicted molar refractivity (Wildman–Crippen MR) is 89.9 cm³/mol. The number of aromatic nitrogens is 2. The van der Waals surface area contributed by atoms with Crippen LogP contribution in [-0.2, 0) is 6.42 Å². The summed E-state index contributed by atoms with van der Waals surface area (Å²) in [5, 5.41) is 8.99. The molecule has 1 unspecified atom stereocenters. The van der Waals surface area contributed by atoms with Gasteiger partial charge >= 0.3 is 0 Å². The summed E-state index contributed by atoms with van der Waals surface area (Å²) in [7, 11) is 1.98. The summed E-state index contributed by atoms with van der Waals surface area (Å²) in [5.74, 6) is 0.568. The first-order valence-corrected chi connectivity index (χ1v) is 7.84. The quantitative estimate of drug-likeness (QED) is 0.893. The lowest BCUT2D eigenvalue weighted by molar-refractivity contribution is 0.539. The first kappa shape index (κ1) is 16.3. The van der Waals surface area contributed by atoms with Crippen LogP contribution in [0.1, 0.15) is 23.9 Å². The normalized spacial score (nSPS) is 12.7. The molecule has 21 heavy (non-hydrogen) atoms. The van der Waals surface area contributed by atoms with Gasteiger partial charge in [0, 0.05) is 5.69 Å². The molecule has 1 atom stereocenters. The molecule has 114 valence electrons. The third kappa shape index (κ3) is 3.60. The number of halogens is 2. The first-order valence-electron chi connectivity index (χ1n) is 7.09. The van der Waals surface area contributed by atoms with Crippen LogP contribution in [-0.4, -0.2) is 23.4 Å². The summed E-state index contributed by atoms with van der Waals surface area (Å²) in [4.78, 5) is 0. The average Bonchev–Trinajstić information content (AvgIpc) is 2.70. The van der Waals surface area contributed by atoms with Crippen LogP contribution in [0.15, 0.2) is 18.2 Å². The summed E-state index contributed by atoms with van der Waals surface area (Å²) < 4.78 is 1.94. The van der Waals surface area contributed by atoms with Crippen molar-refractivity contribution in [2.24, 2.45) is 5.92 Å². The number of nitrogens with one attached hydrogen (secondary N) is 1. The van der Waals surface area contributed by atoms with Crippen molar-refractivity contribution in [1.82, 2.24) is 15.1 Å². The number of hydrogen-bond donors (Lipinski definition) is 1. The van der Waals surface area contributed by atoms with Crippen LogP contribution in [0, 0.1) is 19.8 Å². The minimum Gasteiger partial charge on any atom is -0.319 e. The molecule has 2 rings (SSSR count). The molecule has 1 aromatic carbocycles. The lowest BCUT2D eigenvalue weighted by Crippen LogP contribution is -2.18. The Bertz CT molecular complexity index is 635. The molecule has 0 bridgehead atoms. The molecule has 0 saturated carbocycles. The Morgan fingerprint density at radius 3 is 2.57 bits per heavy atom. The molecule has 1 aromatic heterocycles. The molecule has 1 N–H and O–H groups in total. The van der Waals surface area contributed by atoms with E-state index in [1.807, 2.05) is 23.9 Å². The zero-order valence-corrected chi connectivity index (χ0v) is 14.4. The fourth-order valence-electron chi connectivity index (χ4n) is 2.61. The zero-order chi connectivity index (χ0) is 15.6. The van der Waals surface area contributed by atoms with E-state index in [0.29, 0.717) is 16.0 Å². The van der Waals surface area contributed by atoms with Crippen molar-refractivity contribution in [2.45, 2.75) is 27.2 Å². The highest BCUT2D eigenvalue weighted by molar-refractivity contribution is 6.42. The highest BCUT2D eigenvalue weighted by Gasteiger charge is 2.15. The maximum absolute atomic E-state index is 6.11. The van der Waals surface area contributed by atoms with Crippen molar-refractivity contribution in [2.75, 3.05) is 13.6 Å². The molecule has 0 aliphatic heterocycles. The van der Waals surface area contributed by atoms with Crippen LogP contribution in [0.25, 0.3) is 5.69 Å². The Hall–Kier alpha value is -1.03. The van der Waals surface area contributed by atoms with Gasteiger partial charge in [-0.05, 0) is 63.5 Å². The summed E-state index contributed by atoms with van der Waals surface area (Å²) in [6.45, 7) is 7.40. The van der Waals surface area contributed by atoms with Crippen molar-refractivity contribution in [3.63, 3.8) is 0 Å². The first-order chi connectivity index (χ1) is 9.93. The van der Waals surface area contributed by atoms with Crippen molar-refractivity contribution in [3.8, 4) is 5.69 Å². The largest absolute Gasteiger partial charge is 0.319 e. The maximum Gasteiger partial charge on any atom is 0.0664 e. The Labute approximate surface area is 136 Å². The minimum absolute atomic E-state index is 0.548. The standard InChI is InChI=1S/C16H21Cl2N3/c1-10(9-19-4)7-14-11(2)20-21(12(14)3)13-5-6-15(17)16(18)8-13/h5-6,8,10,19H,7,9H2,1-4H3. The van der Waals surface area contributed by atoms with E-state index in [0.717, 1.165) is 30.0 Å². The van der Waals surface area contributed by atoms with Gasteiger partial charge in [0.15, 0.2) is 0 Å². The third-order valence-electron chi connectivity index (χ3n) is 3.69. The predicted octanol–water partition coefficient (Wildman–Crippen LogP) is 4.19.